The predicted molar refractivity (Wildman–Crippen MR) is 99.4 cm³/mol. The maximum atomic E-state index is 13.1. The second-order valence-electron chi connectivity index (χ2n) is 6.93. The van der Waals surface area contributed by atoms with Crippen LogP contribution < -0.4 is 10.7 Å². The highest BCUT2D eigenvalue weighted by molar-refractivity contribution is 7.12. The number of nitrogens with one attached hydrogen (secondary N) is 2. The molecule has 3 N–H and O–H groups in total. The Kier molecular flexibility index (Phi) is 7.50. The van der Waals surface area contributed by atoms with E-state index in [4.69, 9.17) is 0 Å². The van der Waals surface area contributed by atoms with E-state index in [1.807, 2.05) is 25.9 Å². The van der Waals surface area contributed by atoms with Gasteiger partial charge in [0.25, 0.3) is 0 Å². The van der Waals surface area contributed by atoms with Crippen LogP contribution in [-0.2, 0) is 12.6 Å². The van der Waals surface area contributed by atoms with E-state index in [0.29, 0.717) is 11.6 Å². The van der Waals surface area contributed by atoms with Crippen molar-refractivity contribution < 1.29 is 18.3 Å². The molecule has 26 heavy (non-hydrogen) atoms. The summed E-state index contributed by atoms with van der Waals surface area (Å²) in [5, 5.41) is 14.8. The van der Waals surface area contributed by atoms with Crippen LogP contribution >= 0.6 is 11.3 Å². The lowest BCUT2D eigenvalue weighted by Gasteiger charge is -2.47. The molecule has 0 aliphatic carbocycles. The van der Waals surface area contributed by atoms with E-state index in [2.05, 4.69) is 17.7 Å². The Morgan fingerprint density at radius 1 is 1.27 bits per heavy atom. The van der Waals surface area contributed by atoms with Crippen molar-refractivity contribution in [3.8, 4) is 0 Å². The van der Waals surface area contributed by atoms with Crippen LogP contribution in [0.25, 0.3) is 0 Å². The van der Waals surface area contributed by atoms with Crippen molar-refractivity contribution in [3.63, 3.8) is 0 Å². The van der Waals surface area contributed by atoms with E-state index in [1.165, 1.54) is 6.07 Å². The zero-order valence-corrected chi connectivity index (χ0v) is 16.7. The Morgan fingerprint density at radius 3 is 2.46 bits per heavy atom. The normalized spacial score (nSPS) is 29.7. The molecule has 0 saturated carbocycles. The summed E-state index contributed by atoms with van der Waals surface area (Å²) in [5.41, 5.74) is 3.99. The molecule has 0 amide bonds. The van der Waals surface area contributed by atoms with Crippen LogP contribution in [0.4, 0.5) is 13.2 Å². The van der Waals surface area contributed by atoms with Gasteiger partial charge in [-0.3, -0.25) is 0 Å². The molecule has 0 bridgehead atoms. The van der Waals surface area contributed by atoms with Crippen LogP contribution in [0.2, 0.25) is 0 Å². The SMILES string of the molecule is CC.CC1CC(c2sc(C(F)(F)F)cc2CCO)CC(C2CN(C)N2)N1. The van der Waals surface area contributed by atoms with Crippen LogP contribution in [-0.4, -0.2) is 48.4 Å². The number of aliphatic hydroxyl groups excluding tert-OH is 1. The van der Waals surface area contributed by atoms with Crippen molar-refractivity contribution in [2.45, 2.75) is 70.3 Å². The van der Waals surface area contributed by atoms with Gasteiger partial charge in [0.1, 0.15) is 4.88 Å². The fraction of sp³-hybridized carbons (Fsp3) is 0.778. The Hall–Kier alpha value is -0.670. The molecule has 1 aromatic rings. The number of hydrazine groups is 1. The third-order valence-electron chi connectivity index (χ3n) is 4.89. The lowest BCUT2D eigenvalue weighted by atomic mass is 9.82. The third-order valence-corrected chi connectivity index (χ3v) is 6.28. The summed E-state index contributed by atoms with van der Waals surface area (Å²) in [4.78, 5) is 0.257. The molecule has 0 spiro atoms. The number of nitrogens with zero attached hydrogens (tertiary/aromatic N) is 1. The molecule has 0 aromatic carbocycles. The molecule has 2 aliphatic heterocycles. The zero-order chi connectivity index (χ0) is 19.5. The number of aliphatic hydroxyl groups is 1. The lowest BCUT2D eigenvalue weighted by Crippen LogP contribution is -2.68. The van der Waals surface area contributed by atoms with Crippen LogP contribution in [0.5, 0.6) is 0 Å². The Labute approximate surface area is 157 Å². The largest absolute Gasteiger partial charge is 0.425 e. The predicted octanol–water partition coefficient (Wildman–Crippen LogP) is 3.37. The van der Waals surface area contributed by atoms with Gasteiger partial charge in [-0.25, -0.2) is 10.4 Å². The molecule has 2 saturated heterocycles. The van der Waals surface area contributed by atoms with Gasteiger partial charge in [0, 0.05) is 37.2 Å². The van der Waals surface area contributed by atoms with E-state index in [1.54, 1.807) is 0 Å². The minimum atomic E-state index is -4.32. The molecule has 3 heterocycles. The van der Waals surface area contributed by atoms with E-state index in [0.717, 1.165) is 35.6 Å². The Morgan fingerprint density at radius 2 is 1.92 bits per heavy atom. The van der Waals surface area contributed by atoms with E-state index in [-0.39, 0.29) is 31.0 Å². The molecule has 3 rings (SSSR count). The van der Waals surface area contributed by atoms with Crippen LogP contribution in [0.1, 0.15) is 54.8 Å². The van der Waals surface area contributed by atoms with Gasteiger partial charge in [0.05, 0.1) is 6.04 Å². The van der Waals surface area contributed by atoms with E-state index in [9.17, 15) is 18.3 Å². The number of hydrogen-bond donors (Lipinski definition) is 3. The molecule has 0 radical (unpaired) electrons. The number of thiophene rings is 1. The smallest absolute Gasteiger partial charge is 0.396 e. The number of rotatable bonds is 4. The summed E-state index contributed by atoms with van der Waals surface area (Å²) in [7, 11) is 1.98. The van der Waals surface area contributed by atoms with Crippen LogP contribution in [0.3, 0.4) is 0 Å². The van der Waals surface area contributed by atoms with Gasteiger partial charge in [-0.05, 0) is 43.7 Å². The minimum absolute atomic E-state index is 0.113. The van der Waals surface area contributed by atoms with Gasteiger partial charge in [-0.2, -0.15) is 13.2 Å². The number of likely N-dealkylation sites (N-methyl/N-ethyl adjacent to an activating group) is 1. The Bertz CT molecular complexity index is 573. The van der Waals surface area contributed by atoms with Gasteiger partial charge in [0.15, 0.2) is 0 Å². The summed E-state index contributed by atoms with van der Waals surface area (Å²) < 4.78 is 39.3. The highest BCUT2D eigenvalue weighted by Gasteiger charge is 2.39. The third kappa shape index (κ3) is 4.98. The second-order valence-corrected chi connectivity index (χ2v) is 8.01. The van der Waals surface area contributed by atoms with Gasteiger partial charge in [0.2, 0.25) is 0 Å². The maximum absolute atomic E-state index is 13.1. The molecule has 1 aromatic heterocycles. The fourth-order valence-electron chi connectivity index (χ4n) is 3.85. The second kappa shape index (κ2) is 9.01. The quantitative estimate of drug-likeness (QED) is 0.734. The lowest BCUT2D eigenvalue weighted by molar-refractivity contribution is -0.134. The summed E-state index contributed by atoms with van der Waals surface area (Å²) >= 11 is 0.860. The van der Waals surface area contributed by atoms with Crippen molar-refractivity contribution in [2.24, 2.45) is 0 Å². The van der Waals surface area contributed by atoms with Crippen molar-refractivity contribution in [2.75, 3.05) is 20.2 Å². The van der Waals surface area contributed by atoms with Gasteiger partial charge < -0.3 is 10.4 Å². The topological polar surface area (TPSA) is 47.5 Å². The highest BCUT2D eigenvalue weighted by Crippen LogP contribution is 2.43. The first kappa shape index (κ1) is 21.6. The number of alkyl halides is 3. The van der Waals surface area contributed by atoms with Crippen molar-refractivity contribution >= 4 is 11.3 Å². The molecule has 150 valence electrons. The molecule has 2 aliphatic rings. The number of halogens is 3. The summed E-state index contributed by atoms with van der Waals surface area (Å²) in [6.07, 6.45) is -2.38. The molecular formula is C18H30F3N3OS. The molecule has 4 atom stereocenters. The first-order chi connectivity index (χ1) is 12.3. The average Bonchev–Trinajstić information content (AvgIpc) is 2.98. The number of piperidine rings is 1. The van der Waals surface area contributed by atoms with Gasteiger partial charge in [-0.15, -0.1) is 11.3 Å². The van der Waals surface area contributed by atoms with Crippen LogP contribution in [0.15, 0.2) is 6.07 Å². The number of hydrogen-bond acceptors (Lipinski definition) is 5. The van der Waals surface area contributed by atoms with Crippen LogP contribution in [0, 0.1) is 0 Å². The summed E-state index contributed by atoms with van der Waals surface area (Å²) in [6, 6.07) is 2.09. The molecule has 4 unspecified atom stereocenters. The maximum Gasteiger partial charge on any atom is 0.425 e. The minimum Gasteiger partial charge on any atom is -0.396 e. The fourth-order valence-corrected chi connectivity index (χ4v) is 5.05. The molecule has 2 fully saturated rings. The van der Waals surface area contributed by atoms with Crippen molar-refractivity contribution in [3.05, 3.63) is 21.4 Å². The standard InChI is InChI=1S/C16H24F3N3OS.C2H6/c1-9-5-11(6-12(20-9)13-8-22(2)21-13)15-10(3-4-23)7-14(24-15)16(17,18)19;1-2/h7,9,11-13,20-21,23H,3-6,8H2,1-2H3;1-2H3. The average molecular weight is 394 g/mol. The monoisotopic (exact) mass is 393 g/mol. The summed E-state index contributed by atoms with van der Waals surface area (Å²) in [6.45, 7) is 6.91. The van der Waals surface area contributed by atoms with Crippen molar-refractivity contribution in [1.82, 2.24) is 15.8 Å². The highest BCUT2D eigenvalue weighted by atomic mass is 32.1. The zero-order valence-electron chi connectivity index (χ0n) is 15.9. The first-order valence-electron chi connectivity index (χ1n) is 9.32. The van der Waals surface area contributed by atoms with Crippen molar-refractivity contribution in [1.29, 1.82) is 0 Å². The molecular weight excluding hydrogens is 363 g/mol. The van der Waals surface area contributed by atoms with E-state index >= 15 is 0 Å². The van der Waals surface area contributed by atoms with Gasteiger partial charge in [-0.1, -0.05) is 13.8 Å². The Balaban J connectivity index is 0.00000117. The molecule has 4 nitrogen and oxygen atoms in total. The summed E-state index contributed by atoms with van der Waals surface area (Å²) in [5.74, 6) is 0.113. The van der Waals surface area contributed by atoms with Gasteiger partial charge >= 0.3 is 6.18 Å². The molecule has 8 heteroatoms. The van der Waals surface area contributed by atoms with E-state index < -0.39 is 11.1 Å². The first-order valence-corrected chi connectivity index (χ1v) is 10.1.